The van der Waals surface area contributed by atoms with Crippen LogP contribution in [0.1, 0.15) is 16.7 Å². The Morgan fingerprint density at radius 1 is 0.375 bits per heavy atom. The molecule has 56 heavy (non-hydrogen) atoms. The molecule has 1 N–H and O–H groups in total. The van der Waals surface area contributed by atoms with Gasteiger partial charge in [-0.05, 0) is 85.6 Å². The number of rotatable bonds is 9. The number of allylic oxidation sites excluding steroid dienone is 1. The van der Waals surface area contributed by atoms with Crippen LogP contribution in [0.5, 0.6) is 0 Å². The molecule has 0 radical (unpaired) electrons. The summed E-state index contributed by atoms with van der Waals surface area (Å²) in [5.41, 5.74) is 13.6. The Bertz CT molecular complexity index is 2740. The molecule has 0 saturated heterocycles. The fourth-order valence-electron chi connectivity index (χ4n) is 7.28. The van der Waals surface area contributed by atoms with Crippen LogP contribution in [0.15, 0.2) is 218 Å². The quantitative estimate of drug-likeness (QED) is 0.151. The highest BCUT2D eigenvalue weighted by molar-refractivity contribution is 6.13. The minimum absolute atomic E-state index is 0.453. The predicted octanol–water partition coefficient (Wildman–Crippen LogP) is 13.5. The van der Waals surface area contributed by atoms with E-state index in [1.165, 1.54) is 0 Å². The largest absolute Gasteiger partial charge is 0.300 e. The summed E-state index contributed by atoms with van der Waals surface area (Å²) in [4.78, 5) is 10.6. The molecule has 0 aliphatic heterocycles. The van der Waals surface area contributed by atoms with E-state index < -0.39 is 0 Å². The molecule has 9 rings (SSSR count). The number of benzene rings is 8. The molecule has 3 heteroatoms. The van der Waals surface area contributed by atoms with Gasteiger partial charge in [-0.2, -0.15) is 0 Å². The first kappa shape index (κ1) is 34.3. The number of nitrogens with zero attached hydrogens (tertiary/aromatic N) is 2. The van der Waals surface area contributed by atoms with E-state index in [2.05, 4.69) is 152 Å². The molecule has 0 atom stereocenters. The van der Waals surface area contributed by atoms with Gasteiger partial charge in [0, 0.05) is 16.7 Å². The fraction of sp³-hybridized carbons (Fsp3) is 0. The number of hydrogen-bond acceptors (Lipinski definition) is 3. The highest BCUT2D eigenvalue weighted by Gasteiger charge is 2.16. The van der Waals surface area contributed by atoms with Crippen molar-refractivity contribution in [3.63, 3.8) is 0 Å². The van der Waals surface area contributed by atoms with E-state index in [1.54, 1.807) is 0 Å². The molecule has 1 aromatic heterocycles. The fourth-order valence-corrected chi connectivity index (χ4v) is 7.28. The molecule has 0 spiro atoms. The van der Waals surface area contributed by atoms with Gasteiger partial charge < -0.3 is 5.41 Å². The second-order valence-electron chi connectivity index (χ2n) is 13.8. The standard InChI is InChI=1S/C53H37N3/c54-50(41-22-11-4-12-23-41)35-49(39-20-9-3-10-21-39)47-29-15-24-40-30-31-46(34-48(40)47)53-55-51(44-27-13-25-42(32-44)37-16-5-1-6-17-37)36-52(56-53)45-28-14-26-43(33-45)38-18-7-2-8-19-38/h1-36,54H/b49-35-,54-50?. The summed E-state index contributed by atoms with van der Waals surface area (Å²) in [6, 6.07) is 73.3. The van der Waals surface area contributed by atoms with Crippen LogP contribution in [0.25, 0.3) is 72.5 Å². The molecule has 0 fully saturated rings. The normalized spacial score (nSPS) is 11.4. The molecule has 264 valence electrons. The third kappa shape index (κ3) is 7.22. The van der Waals surface area contributed by atoms with Crippen molar-refractivity contribution in [3.05, 3.63) is 235 Å². The summed E-state index contributed by atoms with van der Waals surface area (Å²) >= 11 is 0. The Morgan fingerprint density at radius 2 is 0.857 bits per heavy atom. The average molecular weight is 716 g/mol. The van der Waals surface area contributed by atoms with Gasteiger partial charge in [0.1, 0.15) is 0 Å². The summed E-state index contributed by atoms with van der Waals surface area (Å²) in [5, 5.41) is 11.3. The predicted molar refractivity (Wildman–Crippen MR) is 234 cm³/mol. The Morgan fingerprint density at radius 3 is 1.43 bits per heavy atom. The van der Waals surface area contributed by atoms with E-state index in [1.807, 2.05) is 66.7 Å². The molecule has 3 nitrogen and oxygen atoms in total. The third-order valence-corrected chi connectivity index (χ3v) is 10.1. The van der Waals surface area contributed by atoms with E-state index in [0.29, 0.717) is 11.5 Å². The average Bonchev–Trinajstić information content (AvgIpc) is 3.29. The monoisotopic (exact) mass is 715 g/mol. The van der Waals surface area contributed by atoms with Gasteiger partial charge >= 0.3 is 0 Å². The topological polar surface area (TPSA) is 49.6 Å². The molecule has 0 amide bonds. The number of aromatic nitrogens is 2. The lowest BCUT2D eigenvalue weighted by atomic mass is 9.90. The highest BCUT2D eigenvalue weighted by Crippen LogP contribution is 2.36. The third-order valence-electron chi connectivity index (χ3n) is 10.1. The molecule has 8 aromatic carbocycles. The lowest BCUT2D eigenvalue weighted by Gasteiger charge is -2.15. The first-order valence-corrected chi connectivity index (χ1v) is 18.8. The first-order valence-electron chi connectivity index (χ1n) is 18.8. The van der Waals surface area contributed by atoms with Crippen molar-refractivity contribution in [3.8, 4) is 56.2 Å². The second kappa shape index (κ2) is 15.5. The Labute approximate surface area is 327 Å². The first-order chi connectivity index (χ1) is 27.7. The van der Waals surface area contributed by atoms with E-state index >= 15 is 0 Å². The van der Waals surface area contributed by atoms with Gasteiger partial charge in [-0.15, -0.1) is 0 Å². The summed E-state index contributed by atoms with van der Waals surface area (Å²) in [6.07, 6.45) is 1.99. The van der Waals surface area contributed by atoms with Gasteiger partial charge in [-0.1, -0.05) is 188 Å². The van der Waals surface area contributed by atoms with Gasteiger partial charge in [-0.25, -0.2) is 9.97 Å². The molecule has 0 unspecified atom stereocenters. The maximum absolute atomic E-state index is 9.10. The van der Waals surface area contributed by atoms with Crippen LogP contribution in [0, 0.1) is 5.41 Å². The summed E-state index contributed by atoms with van der Waals surface area (Å²) in [6.45, 7) is 0. The Balaban J connectivity index is 1.22. The summed E-state index contributed by atoms with van der Waals surface area (Å²) in [5.74, 6) is 0.645. The van der Waals surface area contributed by atoms with E-state index in [0.717, 1.165) is 83.4 Å². The zero-order valence-corrected chi connectivity index (χ0v) is 30.7. The molecular weight excluding hydrogens is 679 g/mol. The summed E-state index contributed by atoms with van der Waals surface area (Å²) < 4.78 is 0. The van der Waals surface area contributed by atoms with Crippen molar-refractivity contribution < 1.29 is 0 Å². The van der Waals surface area contributed by atoms with Crippen molar-refractivity contribution in [2.24, 2.45) is 0 Å². The van der Waals surface area contributed by atoms with Crippen LogP contribution in [0.2, 0.25) is 0 Å². The van der Waals surface area contributed by atoms with Crippen molar-refractivity contribution >= 4 is 22.1 Å². The van der Waals surface area contributed by atoms with Gasteiger partial charge in [0.25, 0.3) is 0 Å². The maximum Gasteiger partial charge on any atom is 0.160 e. The van der Waals surface area contributed by atoms with Crippen LogP contribution in [0.4, 0.5) is 0 Å². The van der Waals surface area contributed by atoms with E-state index in [9.17, 15) is 0 Å². The molecule has 9 aromatic rings. The molecule has 0 bridgehead atoms. The number of hydrogen-bond donors (Lipinski definition) is 1. The van der Waals surface area contributed by atoms with Crippen LogP contribution in [-0.4, -0.2) is 15.7 Å². The van der Waals surface area contributed by atoms with Gasteiger partial charge in [-0.3, -0.25) is 0 Å². The van der Waals surface area contributed by atoms with E-state index in [4.69, 9.17) is 15.4 Å². The minimum atomic E-state index is 0.453. The van der Waals surface area contributed by atoms with Gasteiger partial charge in [0.05, 0.1) is 17.1 Å². The van der Waals surface area contributed by atoms with Crippen LogP contribution >= 0.6 is 0 Å². The molecule has 0 aliphatic carbocycles. The molecule has 0 saturated carbocycles. The lowest BCUT2D eigenvalue weighted by molar-refractivity contribution is 1.18. The number of fused-ring (bicyclic) bond motifs is 1. The zero-order valence-electron chi connectivity index (χ0n) is 30.7. The maximum atomic E-state index is 9.10. The Kier molecular flexibility index (Phi) is 9.47. The lowest BCUT2D eigenvalue weighted by Crippen LogP contribution is -1.99. The molecule has 0 aliphatic rings. The second-order valence-corrected chi connectivity index (χ2v) is 13.8. The zero-order chi connectivity index (χ0) is 37.7. The smallest absolute Gasteiger partial charge is 0.160 e. The van der Waals surface area contributed by atoms with E-state index in [-0.39, 0.29) is 0 Å². The highest BCUT2D eigenvalue weighted by atomic mass is 14.9. The Hall–Kier alpha value is -7.49. The number of nitrogens with one attached hydrogen (secondary N) is 1. The van der Waals surface area contributed by atoms with Crippen molar-refractivity contribution in [1.82, 2.24) is 9.97 Å². The van der Waals surface area contributed by atoms with Crippen molar-refractivity contribution in [2.75, 3.05) is 0 Å². The molecular formula is C53H37N3. The van der Waals surface area contributed by atoms with Crippen molar-refractivity contribution in [1.29, 1.82) is 5.41 Å². The van der Waals surface area contributed by atoms with Crippen molar-refractivity contribution in [2.45, 2.75) is 0 Å². The molecule has 1 heterocycles. The van der Waals surface area contributed by atoms with Gasteiger partial charge in [0.15, 0.2) is 5.82 Å². The summed E-state index contributed by atoms with van der Waals surface area (Å²) in [7, 11) is 0. The van der Waals surface area contributed by atoms with Crippen LogP contribution in [-0.2, 0) is 0 Å². The van der Waals surface area contributed by atoms with Gasteiger partial charge in [0.2, 0.25) is 0 Å². The van der Waals surface area contributed by atoms with Crippen LogP contribution in [0.3, 0.4) is 0 Å². The SMILES string of the molecule is N=C(/C=C(/c1ccccc1)c1cccc2ccc(-c3nc(-c4cccc(-c5ccccc5)c4)cc(-c4cccc(-c5ccccc5)c4)n3)cc12)c1ccccc1. The van der Waals surface area contributed by atoms with Crippen LogP contribution < -0.4 is 0 Å². The minimum Gasteiger partial charge on any atom is -0.300 e.